The third-order valence-corrected chi connectivity index (χ3v) is 4.68. The molecule has 1 aromatic rings. The number of hydrogen-bond donors (Lipinski definition) is 0. The van der Waals surface area contributed by atoms with Crippen LogP contribution >= 0.6 is 15.9 Å². The number of hydrazone groups is 1. The number of fused-ring (bicyclic) bond motifs is 1. The molecule has 1 aliphatic heterocycles. The van der Waals surface area contributed by atoms with Gasteiger partial charge in [0.05, 0.1) is 12.3 Å². The largest absolute Gasteiger partial charge is 0.465 e. The fourth-order valence-corrected chi connectivity index (χ4v) is 3.17. The zero-order valence-corrected chi connectivity index (χ0v) is 13.9. The summed E-state index contributed by atoms with van der Waals surface area (Å²) in [5.74, 6) is -0.365. The first kappa shape index (κ1) is 15.2. The number of hydrogen-bond acceptors (Lipinski definition) is 4. The maximum Gasteiger partial charge on any atom is 0.327 e. The van der Waals surface area contributed by atoms with Gasteiger partial charge in [-0.05, 0) is 37.5 Å². The van der Waals surface area contributed by atoms with Crippen molar-refractivity contribution in [3.8, 4) is 0 Å². The zero-order chi connectivity index (χ0) is 15.7. The van der Waals surface area contributed by atoms with Gasteiger partial charge >= 0.3 is 5.97 Å². The molecule has 3 rings (SSSR count). The minimum atomic E-state index is -0.424. The van der Waals surface area contributed by atoms with Crippen LogP contribution in [0.3, 0.4) is 0 Å². The highest BCUT2D eigenvalue weighted by atomic mass is 79.9. The summed E-state index contributed by atoms with van der Waals surface area (Å²) in [4.78, 5) is 24.0. The average Bonchev–Trinajstić information content (AvgIpc) is 2.44. The summed E-state index contributed by atoms with van der Waals surface area (Å²) in [5, 5.41) is 5.73. The van der Waals surface area contributed by atoms with Gasteiger partial charge in [-0.2, -0.15) is 5.10 Å². The number of carbonyl (C=O) groups is 2. The molecule has 5 nitrogen and oxygen atoms in total. The van der Waals surface area contributed by atoms with Gasteiger partial charge in [0.15, 0.2) is 0 Å². The van der Waals surface area contributed by atoms with E-state index in [-0.39, 0.29) is 24.3 Å². The molecule has 1 amide bonds. The Morgan fingerprint density at radius 1 is 1.32 bits per heavy atom. The fourth-order valence-electron chi connectivity index (χ4n) is 2.90. The van der Waals surface area contributed by atoms with E-state index in [1.807, 2.05) is 24.3 Å². The van der Waals surface area contributed by atoms with Gasteiger partial charge in [-0.1, -0.05) is 28.1 Å². The molecule has 0 spiro atoms. The molecule has 1 fully saturated rings. The molecule has 0 aromatic heterocycles. The van der Waals surface area contributed by atoms with Gasteiger partial charge in [0.2, 0.25) is 5.91 Å². The van der Waals surface area contributed by atoms with Gasteiger partial charge in [0, 0.05) is 16.3 Å². The number of carbonyl (C=O) groups excluding carboxylic acids is 2. The molecule has 6 heteroatoms. The van der Waals surface area contributed by atoms with Crippen LogP contribution in [-0.2, 0) is 14.3 Å². The minimum Gasteiger partial charge on any atom is -0.465 e. The SMILES string of the molecule is CCOC(=O)CN1N=C(c2ccc(Br)cc2)C2CCC2C1=O. The Balaban J connectivity index is 1.88. The molecule has 0 saturated heterocycles. The highest BCUT2D eigenvalue weighted by molar-refractivity contribution is 9.10. The van der Waals surface area contributed by atoms with Crippen LogP contribution in [0.2, 0.25) is 0 Å². The molecule has 1 heterocycles. The molecule has 1 aromatic carbocycles. The lowest BCUT2D eigenvalue weighted by atomic mass is 9.68. The van der Waals surface area contributed by atoms with Gasteiger partial charge in [-0.3, -0.25) is 9.59 Å². The van der Waals surface area contributed by atoms with Crippen molar-refractivity contribution in [1.29, 1.82) is 0 Å². The lowest BCUT2D eigenvalue weighted by molar-refractivity contribution is -0.152. The quantitative estimate of drug-likeness (QED) is 0.771. The van der Waals surface area contributed by atoms with Crippen LogP contribution in [0.15, 0.2) is 33.8 Å². The van der Waals surface area contributed by atoms with E-state index >= 15 is 0 Å². The number of rotatable bonds is 4. The second kappa shape index (κ2) is 6.20. The lowest BCUT2D eigenvalue weighted by Gasteiger charge is -2.42. The van der Waals surface area contributed by atoms with Crippen LogP contribution in [0, 0.1) is 11.8 Å². The van der Waals surface area contributed by atoms with Gasteiger partial charge < -0.3 is 4.74 Å². The van der Waals surface area contributed by atoms with Crippen LogP contribution in [0.4, 0.5) is 0 Å². The monoisotopic (exact) mass is 364 g/mol. The highest BCUT2D eigenvalue weighted by Crippen LogP contribution is 2.41. The van der Waals surface area contributed by atoms with E-state index in [1.54, 1.807) is 6.92 Å². The van der Waals surface area contributed by atoms with E-state index in [0.29, 0.717) is 6.61 Å². The van der Waals surface area contributed by atoms with Crippen molar-refractivity contribution < 1.29 is 14.3 Å². The Morgan fingerprint density at radius 2 is 2.00 bits per heavy atom. The van der Waals surface area contributed by atoms with Crippen LogP contribution in [-0.4, -0.2) is 35.7 Å². The number of amides is 1. The Hall–Kier alpha value is -1.69. The van der Waals surface area contributed by atoms with Crippen molar-refractivity contribution in [3.63, 3.8) is 0 Å². The lowest BCUT2D eigenvalue weighted by Crippen LogP contribution is -2.51. The number of halogens is 1. The Morgan fingerprint density at radius 3 is 2.59 bits per heavy atom. The summed E-state index contributed by atoms with van der Waals surface area (Å²) >= 11 is 3.42. The highest BCUT2D eigenvalue weighted by Gasteiger charge is 2.46. The van der Waals surface area contributed by atoms with Crippen molar-refractivity contribution in [3.05, 3.63) is 34.3 Å². The predicted octanol–water partition coefficient (Wildman–Crippen LogP) is 2.58. The molecular formula is C16H17BrN2O3. The Bertz CT molecular complexity index is 627. The smallest absolute Gasteiger partial charge is 0.327 e. The summed E-state index contributed by atoms with van der Waals surface area (Å²) in [5.41, 5.74) is 1.90. The topological polar surface area (TPSA) is 59.0 Å². The van der Waals surface area contributed by atoms with Crippen LogP contribution in [0.25, 0.3) is 0 Å². The third-order valence-electron chi connectivity index (χ3n) is 4.15. The standard InChI is InChI=1S/C16H17BrN2O3/c1-2-22-14(20)9-19-16(21)13-8-7-12(13)15(18-19)10-3-5-11(17)6-4-10/h3-6,12-13H,2,7-9H2,1H3. The number of nitrogens with zero attached hydrogens (tertiary/aromatic N) is 2. The first-order valence-electron chi connectivity index (χ1n) is 7.41. The van der Waals surface area contributed by atoms with E-state index in [1.165, 1.54) is 5.01 Å². The van der Waals surface area contributed by atoms with E-state index < -0.39 is 5.97 Å². The van der Waals surface area contributed by atoms with Gasteiger partial charge in [0.1, 0.15) is 6.54 Å². The molecule has 1 aliphatic carbocycles. The average molecular weight is 365 g/mol. The molecule has 2 aliphatic rings. The summed E-state index contributed by atoms with van der Waals surface area (Å²) in [6.45, 7) is 1.93. The minimum absolute atomic E-state index is 0.0504. The number of benzene rings is 1. The molecule has 2 atom stereocenters. The molecule has 0 N–H and O–H groups in total. The van der Waals surface area contributed by atoms with Gasteiger partial charge in [-0.25, -0.2) is 5.01 Å². The third kappa shape index (κ3) is 2.79. The van der Waals surface area contributed by atoms with Crippen molar-refractivity contribution in [1.82, 2.24) is 5.01 Å². The van der Waals surface area contributed by atoms with Crippen molar-refractivity contribution in [2.24, 2.45) is 16.9 Å². The normalized spacial score (nSPS) is 23.5. The van der Waals surface area contributed by atoms with Gasteiger partial charge in [0.25, 0.3) is 0 Å². The fraction of sp³-hybridized carbons (Fsp3) is 0.438. The maximum atomic E-state index is 12.4. The second-order valence-electron chi connectivity index (χ2n) is 5.48. The summed E-state index contributed by atoms with van der Waals surface area (Å²) in [6.07, 6.45) is 1.83. The summed E-state index contributed by atoms with van der Waals surface area (Å²) in [7, 11) is 0. The van der Waals surface area contributed by atoms with Crippen LogP contribution in [0.1, 0.15) is 25.3 Å². The van der Waals surface area contributed by atoms with E-state index in [0.717, 1.165) is 28.6 Å². The Kier molecular flexibility index (Phi) is 4.29. The van der Waals surface area contributed by atoms with Crippen molar-refractivity contribution in [2.75, 3.05) is 13.2 Å². The molecule has 0 radical (unpaired) electrons. The first-order valence-corrected chi connectivity index (χ1v) is 8.21. The predicted molar refractivity (Wildman–Crippen MR) is 85.2 cm³/mol. The van der Waals surface area contributed by atoms with Crippen molar-refractivity contribution >= 4 is 33.5 Å². The summed E-state index contributed by atoms with van der Waals surface area (Å²) < 4.78 is 5.92. The van der Waals surface area contributed by atoms with Gasteiger partial charge in [-0.15, -0.1) is 0 Å². The first-order chi connectivity index (χ1) is 10.6. The Labute approximate surface area is 137 Å². The van der Waals surface area contributed by atoms with E-state index in [2.05, 4.69) is 21.0 Å². The van der Waals surface area contributed by atoms with Crippen molar-refractivity contribution in [2.45, 2.75) is 19.8 Å². The molecule has 1 saturated carbocycles. The molecular weight excluding hydrogens is 348 g/mol. The van der Waals surface area contributed by atoms with Crippen LogP contribution in [0.5, 0.6) is 0 Å². The van der Waals surface area contributed by atoms with E-state index in [9.17, 15) is 9.59 Å². The summed E-state index contributed by atoms with van der Waals surface area (Å²) in [6, 6.07) is 7.88. The number of ether oxygens (including phenoxy) is 1. The van der Waals surface area contributed by atoms with Crippen LogP contribution < -0.4 is 0 Å². The molecule has 22 heavy (non-hydrogen) atoms. The van der Waals surface area contributed by atoms with E-state index in [4.69, 9.17) is 4.74 Å². The zero-order valence-electron chi connectivity index (χ0n) is 12.3. The number of esters is 1. The molecule has 116 valence electrons. The second-order valence-corrected chi connectivity index (χ2v) is 6.40. The molecule has 2 unspecified atom stereocenters. The molecule has 0 bridgehead atoms. The maximum absolute atomic E-state index is 12.4.